The van der Waals surface area contributed by atoms with Crippen molar-refractivity contribution in [3.05, 3.63) is 42.5 Å². The van der Waals surface area contributed by atoms with Crippen LogP contribution in [-0.2, 0) is 6.54 Å². The predicted molar refractivity (Wildman–Crippen MR) is 87.3 cm³/mol. The number of benzene rings is 1. The minimum atomic E-state index is -1.01. The maximum Gasteiger partial charge on any atom is 0.337 e. The Kier molecular flexibility index (Phi) is 4.12. The Balaban J connectivity index is 2.01. The number of nitrogens with one attached hydrogen (secondary N) is 1. The maximum atomic E-state index is 11.3. The molecule has 118 valence electrons. The van der Waals surface area contributed by atoms with Gasteiger partial charge in [-0.15, -0.1) is 11.6 Å². The summed E-state index contributed by atoms with van der Waals surface area (Å²) in [6, 6.07) is 6.62. The first-order valence-corrected chi connectivity index (χ1v) is 7.39. The minimum Gasteiger partial charge on any atom is -0.478 e. The van der Waals surface area contributed by atoms with Crippen LogP contribution in [0.1, 0.15) is 17.3 Å². The second-order valence-corrected chi connectivity index (χ2v) is 5.79. The molecule has 8 heteroatoms. The average molecular weight is 332 g/mol. The van der Waals surface area contributed by atoms with Crippen LogP contribution >= 0.6 is 11.6 Å². The molecule has 0 aliphatic carbocycles. The van der Waals surface area contributed by atoms with E-state index in [0.29, 0.717) is 29.2 Å². The third-order valence-electron chi connectivity index (χ3n) is 3.26. The summed E-state index contributed by atoms with van der Waals surface area (Å²) in [6.07, 6.45) is 3.05. The molecule has 0 amide bonds. The number of aromatic nitrogens is 4. The molecule has 0 aliphatic heterocycles. The fourth-order valence-corrected chi connectivity index (χ4v) is 2.43. The molecule has 2 N–H and O–H groups in total. The molecule has 0 fully saturated rings. The molecule has 7 nitrogen and oxygen atoms in total. The second kappa shape index (κ2) is 6.21. The summed E-state index contributed by atoms with van der Waals surface area (Å²) in [5.41, 5.74) is 1.81. The van der Waals surface area contributed by atoms with E-state index in [1.807, 2.05) is 11.5 Å². The van der Waals surface area contributed by atoms with Crippen molar-refractivity contribution in [3.8, 4) is 0 Å². The van der Waals surface area contributed by atoms with Gasteiger partial charge in [0.05, 0.1) is 17.6 Å². The fourth-order valence-electron chi connectivity index (χ4n) is 2.28. The Bertz CT molecular complexity index is 862. The molecule has 2 aromatic heterocycles. The van der Waals surface area contributed by atoms with Gasteiger partial charge in [-0.3, -0.25) is 0 Å². The third-order valence-corrected chi connectivity index (χ3v) is 3.40. The molecule has 0 saturated heterocycles. The standard InChI is InChI=1S/C15H14ClN5O2/c1-9(16)6-21-8-19-12-13(17-7-18-14(12)21)20-11-5-3-2-4-10(11)15(22)23/h2-5,7-9H,6H2,1H3,(H,22,23)(H,17,18,20)/t9-/m1/s1. The van der Waals surface area contributed by atoms with Gasteiger partial charge in [0.25, 0.3) is 0 Å². The van der Waals surface area contributed by atoms with Crippen LogP contribution in [0.2, 0.25) is 0 Å². The van der Waals surface area contributed by atoms with Gasteiger partial charge in [-0.05, 0) is 19.1 Å². The summed E-state index contributed by atoms with van der Waals surface area (Å²) >= 11 is 6.02. The molecule has 0 radical (unpaired) electrons. The molecule has 2 heterocycles. The fraction of sp³-hybridized carbons (Fsp3) is 0.200. The van der Waals surface area contributed by atoms with Crippen molar-refractivity contribution in [2.24, 2.45) is 0 Å². The maximum absolute atomic E-state index is 11.3. The number of carbonyl (C=O) groups is 1. The lowest BCUT2D eigenvalue weighted by atomic mass is 10.2. The van der Waals surface area contributed by atoms with Crippen molar-refractivity contribution in [3.63, 3.8) is 0 Å². The lowest BCUT2D eigenvalue weighted by Crippen LogP contribution is -2.07. The van der Waals surface area contributed by atoms with Crippen LogP contribution in [-0.4, -0.2) is 36.0 Å². The Labute approximate surface area is 137 Å². The average Bonchev–Trinajstić information content (AvgIpc) is 2.91. The summed E-state index contributed by atoms with van der Waals surface area (Å²) in [6.45, 7) is 2.46. The molecule has 0 spiro atoms. The summed E-state index contributed by atoms with van der Waals surface area (Å²) in [5, 5.41) is 12.2. The highest BCUT2D eigenvalue weighted by Gasteiger charge is 2.14. The molecule has 23 heavy (non-hydrogen) atoms. The van der Waals surface area contributed by atoms with E-state index in [9.17, 15) is 9.90 Å². The Morgan fingerprint density at radius 1 is 1.35 bits per heavy atom. The number of halogens is 1. The second-order valence-electron chi connectivity index (χ2n) is 5.05. The van der Waals surface area contributed by atoms with Crippen LogP contribution in [0, 0.1) is 0 Å². The quantitative estimate of drug-likeness (QED) is 0.698. The van der Waals surface area contributed by atoms with Gasteiger partial charge in [-0.2, -0.15) is 0 Å². The SMILES string of the molecule is C[C@@H](Cl)Cn1cnc2c(Nc3ccccc3C(=O)O)ncnc21. The van der Waals surface area contributed by atoms with E-state index in [-0.39, 0.29) is 10.9 Å². The third kappa shape index (κ3) is 3.09. The van der Waals surface area contributed by atoms with Gasteiger partial charge in [0.2, 0.25) is 0 Å². The number of carboxylic acid groups (broad SMARTS) is 1. The van der Waals surface area contributed by atoms with Gasteiger partial charge >= 0.3 is 5.97 Å². The molecular weight excluding hydrogens is 318 g/mol. The van der Waals surface area contributed by atoms with Crippen molar-refractivity contribution < 1.29 is 9.90 Å². The molecule has 1 aromatic carbocycles. The van der Waals surface area contributed by atoms with Crippen LogP contribution in [0.15, 0.2) is 36.9 Å². The van der Waals surface area contributed by atoms with Gasteiger partial charge in [0.1, 0.15) is 6.33 Å². The monoisotopic (exact) mass is 331 g/mol. The molecule has 1 atom stereocenters. The zero-order chi connectivity index (χ0) is 16.4. The molecule has 3 aromatic rings. The lowest BCUT2D eigenvalue weighted by Gasteiger charge is -2.09. The van der Waals surface area contributed by atoms with Gasteiger partial charge in [0, 0.05) is 11.9 Å². The molecular formula is C15H14ClN5O2. The number of hydrogen-bond donors (Lipinski definition) is 2. The van der Waals surface area contributed by atoms with E-state index < -0.39 is 5.97 Å². The topological polar surface area (TPSA) is 92.9 Å². The van der Waals surface area contributed by atoms with Crippen LogP contribution in [0.25, 0.3) is 11.2 Å². The largest absolute Gasteiger partial charge is 0.478 e. The molecule has 0 saturated carbocycles. The number of carboxylic acids is 1. The highest BCUT2D eigenvalue weighted by atomic mass is 35.5. The Morgan fingerprint density at radius 2 is 2.13 bits per heavy atom. The first kappa shape index (κ1) is 15.2. The highest BCUT2D eigenvalue weighted by Crippen LogP contribution is 2.24. The van der Waals surface area contributed by atoms with Gasteiger partial charge in [0.15, 0.2) is 17.0 Å². The zero-order valence-electron chi connectivity index (χ0n) is 12.3. The molecule has 3 rings (SSSR count). The summed E-state index contributed by atoms with van der Waals surface area (Å²) < 4.78 is 1.84. The first-order valence-electron chi connectivity index (χ1n) is 6.95. The van der Waals surface area contributed by atoms with E-state index in [4.69, 9.17) is 11.6 Å². The van der Waals surface area contributed by atoms with E-state index in [1.54, 1.807) is 24.5 Å². The van der Waals surface area contributed by atoms with Gasteiger partial charge < -0.3 is 15.0 Å². The Hall–Kier alpha value is -2.67. The van der Waals surface area contributed by atoms with Crippen molar-refractivity contribution in [2.45, 2.75) is 18.8 Å². The number of nitrogens with zero attached hydrogens (tertiary/aromatic N) is 4. The van der Waals surface area contributed by atoms with Crippen LogP contribution in [0.3, 0.4) is 0 Å². The normalized spacial score (nSPS) is 12.3. The van der Waals surface area contributed by atoms with E-state index in [0.717, 1.165) is 0 Å². The smallest absolute Gasteiger partial charge is 0.337 e. The zero-order valence-corrected chi connectivity index (χ0v) is 13.0. The van der Waals surface area contributed by atoms with Crippen LogP contribution in [0.5, 0.6) is 0 Å². The van der Waals surface area contributed by atoms with Crippen molar-refractivity contribution in [2.75, 3.05) is 5.32 Å². The number of para-hydroxylation sites is 1. The van der Waals surface area contributed by atoms with Crippen molar-refractivity contribution >= 4 is 40.2 Å². The molecule has 0 aliphatic rings. The first-order chi connectivity index (χ1) is 11.1. The van der Waals surface area contributed by atoms with E-state index in [1.165, 1.54) is 12.4 Å². The lowest BCUT2D eigenvalue weighted by molar-refractivity contribution is 0.0698. The number of fused-ring (bicyclic) bond motifs is 1. The number of aromatic carboxylic acids is 1. The number of anilines is 2. The minimum absolute atomic E-state index is 0.0634. The summed E-state index contributed by atoms with van der Waals surface area (Å²) in [7, 11) is 0. The summed E-state index contributed by atoms with van der Waals surface area (Å²) in [4.78, 5) is 24.0. The van der Waals surface area contributed by atoms with Crippen LogP contribution < -0.4 is 5.32 Å². The summed E-state index contributed by atoms with van der Waals surface area (Å²) in [5.74, 6) is -0.565. The van der Waals surface area contributed by atoms with Gasteiger partial charge in [-0.25, -0.2) is 19.7 Å². The van der Waals surface area contributed by atoms with Crippen molar-refractivity contribution in [1.29, 1.82) is 0 Å². The van der Waals surface area contributed by atoms with Crippen molar-refractivity contribution in [1.82, 2.24) is 19.5 Å². The molecule has 0 unspecified atom stereocenters. The highest BCUT2D eigenvalue weighted by molar-refractivity contribution is 6.20. The van der Waals surface area contributed by atoms with Crippen LogP contribution in [0.4, 0.5) is 11.5 Å². The molecule has 0 bridgehead atoms. The predicted octanol–water partition coefficient (Wildman–Crippen LogP) is 2.90. The number of imidazole rings is 1. The number of alkyl halides is 1. The van der Waals surface area contributed by atoms with E-state index in [2.05, 4.69) is 20.3 Å². The van der Waals surface area contributed by atoms with Gasteiger partial charge in [-0.1, -0.05) is 12.1 Å². The van der Waals surface area contributed by atoms with E-state index >= 15 is 0 Å². The number of hydrogen-bond acceptors (Lipinski definition) is 5. The number of rotatable bonds is 5. The Morgan fingerprint density at radius 3 is 2.87 bits per heavy atom.